The minimum atomic E-state index is 0.367. The summed E-state index contributed by atoms with van der Waals surface area (Å²) in [5, 5.41) is 11.8. The van der Waals surface area contributed by atoms with Crippen LogP contribution in [0.25, 0.3) is 0 Å². The minimum absolute atomic E-state index is 0.367. The third-order valence-corrected chi connectivity index (χ3v) is 1.84. The number of hydrogen-bond acceptors (Lipinski definition) is 5. The molecule has 5 heteroatoms. The molecule has 0 spiro atoms. The second-order valence-electron chi connectivity index (χ2n) is 2.87. The molecule has 0 amide bonds. The van der Waals surface area contributed by atoms with Crippen molar-refractivity contribution in [3.63, 3.8) is 0 Å². The molecule has 5 nitrogen and oxygen atoms in total. The van der Waals surface area contributed by atoms with E-state index in [0.717, 1.165) is 13.1 Å². The van der Waals surface area contributed by atoms with Gasteiger partial charge in [0, 0.05) is 32.5 Å². The number of rotatable bonds is 4. The maximum Gasteiger partial charge on any atom is 0.183 e. The first-order chi connectivity index (χ1) is 6.79. The fraction of sp³-hybridized carbons (Fsp3) is 0.444. The molecule has 14 heavy (non-hydrogen) atoms. The maximum absolute atomic E-state index is 8.80. The average molecular weight is 191 g/mol. The van der Waals surface area contributed by atoms with Crippen LogP contribution in [0.15, 0.2) is 12.4 Å². The van der Waals surface area contributed by atoms with Crippen LogP contribution in [0.5, 0.6) is 0 Å². The van der Waals surface area contributed by atoms with Crippen molar-refractivity contribution in [3.05, 3.63) is 18.1 Å². The fourth-order valence-electron chi connectivity index (χ4n) is 1.07. The van der Waals surface area contributed by atoms with E-state index in [2.05, 4.69) is 15.3 Å². The van der Waals surface area contributed by atoms with Gasteiger partial charge in [-0.05, 0) is 7.05 Å². The monoisotopic (exact) mass is 191 g/mol. The van der Waals surface area contributed by atoms with Crippen LogP contribution >= 0.6 is 0 Å². The van der Waals surface area contributed by atoms with Crippen molar-refractivity contribution in [3.8, 4) is 6.07 Å². The van der Waals surface area contributed by atoms with Crippen molar-refractivity contribution in [2.45, 2.75) is 0 Å². The Bertz CT molecular complexity index is 330. The summed E-state index contributed by atoms with van der Waals surface area (Å²) < 4.78 is 0. The minimum Gasteiger partial charge on any atom is -0.356 e. The summed E-state index contributed by atoms with van der Waals surface area (Å²) in [6.07, 6.45) is 3.11. The first kappa shape index (κ1) is 10.4. The van der Waals surface area contributed by atoms with Gasteiger partial charge in [0.2, 0.25) is 0 Å². The van der Waals surface area contributed by atoms with E-state index < -0.39 is 0 Å². The van der Waals surface area contributed by atoms with Gasteiger partial charge in [-0.2, -0.15) is 5.26 Å². The summed E-state index contributed by atoms with van der Waals surface area (Å²) in [5.74, 6) is 0.630. The molecular formula is C9H13N5. The lowest BCUT2D eigenvalue weighted by Crippen LogP contribution is -2.28. The molecule has 0 saturated carbocycles. The van der Waals surface area contributed by atoms with E-state index >= 15 is 0 Å². The van der Waals surface area contributed by atoms with Crippen molar-refractivity contribution >= 4 is 5.82 Å². The molecule has 0 saturated heterocycles. The van der Waals surface area contributed by atoms with Crippen LogP contribution in [0.2, 0.25) is 0 Å². The van der Waals surface area contributed by atoms with Crippen LogP contribution in [-0.4, -0.2) is 37.2 Å². The zero-order valence-corrected chi connectivity index (χ0v) is 8.36. The van der Waals surface area contributed by atoms with Gasteiger partial charge >= 0.3 is 0 Å². The smallest absolute Gasteiger partial charge is 0.183 e. The Labute approximate surface area is 83.4 Å². The van der Waals surface area contributed by atoms with E-state index in [1.165, 1.54) is 6.20 Å². The Hall–Kier alpha value is -1.67. The molecule has 0 aliphatic rings. The molecule has 1 aromatic heterocycles. The van der Waals surface area contributed by atoms with E-state index in [9.17, 15) is 0 Å². The third-order valence-electron chi connectivity index (χ3n) is 1.84. The van der Waals surface area contributed by atoms with Gasteiger partial charge in [-0.15, -0.1) is 0 Å². The largest absolute Gasteiger partial charge is 0.356 e. The molecule has 0 radical (unpaired) electrons. The number of anilines is 1. The van der Waals surface area contributed by atoms with Crippen LogP contribution in [0.3, 0.4) is 0 Å². The molecule has 74 valence electrons. The number of hydrogen-bond donors (Lipinski definition) is 1. The summed E-state index contributed by atoms with van der Waals surface area (Å²) in [7, 11) is 3.78. The van der Waals surface area contributed by atoms with Crippen molar-refractivity contribution in [1.29, 1.82) is 5.26 Å². The third kappa shape index (κ3) is 2.41. The lowest BCUT2D eigenvalue weighted by molar-refractivity contribution is 0.759. The first-order valence-corrected chi connectivity index (χ1v) is 4.36. The van der Waals surface area contributed by atoms with Crippen molar-refractivity contribution in [2.75, 3.05) is 32.1 Å². The van der Waals surface area contributed by atoms with Crippen molar-refractivity contribution in [2.24, 2.45) is 0 Å². The Morgan fingerprint density at radius 1 is 1.50 bits per heavy atom. The Kier molecular flexibility index (Phi) is 3.83. The van der Waals surface area contributed by atoms with Gasteiger partial charge < -0.3 is 10.2 Å². The number of aromatic nitrogens is 2. The van der Waals surface area contributed by atoms with Gasteiger partial charge in [0.1, 0.15) is 6.07 Å². The number of nitriles is 1. The van der Waals surface area contributed by atoms with Gasteiger partial charge in [0.15, 0.2) is 11.5 Å². The molecule has 0 unspecified atom stereocenters. The summed E-state index contributed by atoms with van der Waals surface area (Å²) in [6, 6.07) is 2.02. The lowest BCUT2D eigenvalue weighted by atomic mass is 10.4. The Balaban J connectivity index is 2.79. The highest BCUT2D eigenvalue weighted by molar-refractivity contribution is 5.48. The fourth-order valence-corrected chi connectivity index (χ4v) is 1.07. The second kappa shape index (κ2) is 5.14. The molecule has 1 heterocycles. The molecule has 0 atom stereocenters. The summed E-state index contributed by atoms with van der Waals surface area (Å²) >= 11 is 0. The predicted molar refractivity (Wildman–Crippen MR) is 53.9 cm³/mol. The highest BCUT2D eigenvalue weighted by Crippen LogP contribution is 2.10. The highest BCUT2D eigenvalue weighted by Gasteiger charge is 2.08. The predicted octanol–water partition coefficient (Wildman–Crippen LogP) is 0.00388. The van der Waals surface area contributed by atoms with Gasteiger partial charge in [-0.25, -0.2) is 9.97 Å². The van der Waals surface area contributed by atoms with Gasteiger partial charge in [-0.3, -0.25) is 0 Å². The van der Waals surface area contributed by atoms with E-state index in [1.807, 2.05) is 25.1 Å². The number of nitrogens with zero attached hydrogens (tertiary/aromatic N) is 4. The molecule has 0 aliphatic heterocycles. The topological polar surface area (TPSA) is 64.8 Å². The molecule has 0 fully saturated rings. The SMILES string of the molecule is CNCCN(C)c1nccnc1C#N. The number of nitrogens with one attached hydrogen (secondary N) is 1. The standard InChI is InChI=1S/C9H13N5/c1-11-5-6-14(2)9-8(7-10)12-3-4-13-9/h3-4,11H,5-6H2,1-2H3. The van der Waals surface area contributed by atoms with Gasteiger partial charge in [0.25, 0.3) is 0 Å². The molecule has 0 aliphatic carbocycles. The molecule has 1 aromatic rings. The first-order valence-electron chi connectivity index (χ1n) is 4.36. The number of likely N-dealkylation sites (N-methyl/N-ethyl adjacent to an activating group) is 2. The van der Waals surface area contributed by atoms with E-state index in [4.69, 9.17) is 5.26 Å². The van der Waals surface area contributed by atoms with Gasteiger partial charge in [0.05, 0.1) is 0 Å². The summed E-state index contributed by atoms with van der Waals surface area (Å²) in [4.78, 5) is 9.96. The van der Waals surface area contributed by atoms with Crippen molar-refractivity contribution in [1.82, 2.24) is 15.3 Å². The second-order valence-corrected chi connectivity index (χ2v) is 2.87. The normalized spacial score (nSPS) is 9.50. The van der Waals surface area contributed by atoms with Crippen LogP contribution in [-0.2, 0) is 0 Å². The molecule has 1 rings (SSSR count). The quantitative estimate of drug-likeness (QED) is 0.726. The maximum atomic E-state index is 8.80. The van der Waals surface area contributed by atoms with E-state index in [1.54, 1.807) is 6.20 Å². The summed E-state index contributed by atoms with van der Waals surface area (Å²) in [6.45, 7) is 1.64. The zero-order chi connectivity index (χ0) is 10.4. The van der Waals surface area contributed by atoms with E-state index in [0.29, 0.717) is 11.5 Å². The molecule has 1 N–H and O–H groups in total. The van der Waals surface area contributed by atoms with Crippen LogP contribution in [0.4, 0.5) is 5.82 Å². The average Bonchev–Trinajstić information content (AvgIpc) is 2.25. The lowest BCUT2D eigenvalue weighted by Gasteiger charge is -2.17. The Morgan fingerprint density at radius 3 is 2.86 bits per heavy atom. The Morgan fingerprint density at radius 2 is 2.21 bits per heavy atom. The van der Waals surface area contributed by atoms with Crippen LogP contribution in [0.1, 0.15) is 5.69 Å². The molecule has 0 bridgehead atoms. The van der Waals surface area contributed by atoms with Crippen molar-refractivity contribution < 1.29 is 0 Å². The zero-order valence-electron chi connectivity index (χ0n) is 8.36. The highest BCUT2D eigenvalue weighted by atomic mass is 15.2. The molecule has 0 aromatic carbocycles. The summed E-state index contributed by atoms with van der Waals surface area (Å²) in [5.41, 5.74) is 0.367. The van der Waals surface area contributed by atoms with Crippen LogP contribution in [0, 0.1) is 11.3 Å². The van der Waals surface area contributed by atoms with Crippen LogP contribution < -0.4 is 10.2 Å². The van der Waals surface area contributed by atoms with E-state index in [-0.39, 0.29) is 0 Å². The molecular weight excluding hydrogens is 178 g/mol. The van der Waals surface area contributed by atoms with Gasteiger partial charge in [-0.1, -0.05) is 0 Å².